The normalized spacial score (nSPS) is 11.6. The molecule has 0 fully saturated rings. The molecule has 2 aromatic rings. The van der Waals surface area contributed by atoms with Crippen molar-refractivity contribution in [3.8, 4) is 0 Å². The zero-order valence-electron chi connectivity index (χ0n) is 15.5. The minimum absolute atomic E-state index is 0.0824. The Morgan fingerprint density at radius 3 is 2.48 bits per heavy atom. The molecule has 0 bridgehead atoms. The first kappa shape index (κ1) is 21.4. The highest BCUT2D eigenvalue weighted by Gasteiger charge is 2.23. The molecule has 1 N–H and O–H groups in total. The van der Waals surface area contributed by atoms with E-state index in [-0.39, 0.29) is 21.5 Å². The van der Waals surface area contributed by atoms with Crippen LogP contribution in [-0.4, -0.2) is 38.8 Å². The van der Waals surface area contributed by atoms with Gasteiger partial charge in [-0.05, 0) is 35.9 Å². The molecular formula is C19H23ClN2O4S. The Hall–Kier alpha value is -1.93. The molecule has 0 radical (unpaired) electrons. The second-order valence-corrected chi connectivity index (χ2v) is 8.16. The lowest BCUT2D eigenvalue weighted by Gasteiger charge is -2.19. The van der Waals surface area contributed by atoms with E-state index in [4.69, 9.17) is 16.3 Å². The fourth-order valence-corrected chi connectivity index (χ4v) is 4.29. The summed E-state index contributed by atoms with van der Waals surface area (Å²) in [7, 11) is -2.07. The molecule has 0 aromatic heterocycles. The van der Waals surface area contributed by atoms with Crippen molar-refractivity contribution in [3.05, 3.63) is 58.6 Å². The minimum Gasteiger partial charge on any atom is -0.380 e. The number of nitrogens with one attached hydrogen (secondary N) is 1. The third kappa shape index (κ3) is 5.07. The Morgan fingerprint density at radius 2 is 1.85 bits per heavy atom. The van der Waals surface area contributed by atoms with Crippen molar-refractivity contribution in [2.24, 2.45) is 0 Å². The van der Waals surface area contributed by atoms with Crippen LogP contribution in [0.3, 0.4) is 0 Å². The van der Waals surface area contributed by atoms with Gasteiger partial charge in [0.15, 0.2) is 0 Å². The number of amides is 1. The van der Waals surface area contributed by atoms with Crippen molar-refractivity contribution in [1.29, 1.82) is 0 Å². The molecule has 0 saturated heterocycles. The number of benzene rings is 2. The summed E-state index contributed by atoms with van der Waals surface area (Å²) in [5.74, 6) is -0.382. The first-order valence-electron chi connectivity index (χ1n) is 8.52. The predicted octanol–water partition coefficient (Wildman–Crippen LogP) is 3.77. The Morgan fingerprint density at radius 1 is 1.15 bits per heavy atom. The van der Waals surface area contributed by atoms with E-state index in [2.05, 4.69) is 5.32 Å². The smallest absolute Gasteiger partial charge is 0.255 e. The lowest BCUT2D eigenvalue weighted by molar-refractivity contribution is 0.102. The van der Waals surface area contributed by atoms with Crippen LogP contribution >= 0.6 is 11.6 Å². The van der Waals surface area contributed by atoms with Gasteiger partial charge in [0.1, 0.15) is 0 Å². The molecule has 6 nitrogen and oxygen atoms in total. The van der Waals surface area contributed by atoms with Crippen LogP contribution in [0.1, 0.15) is 29.8 Å². The summed E-state index contributed by atoms with van der Waals surface area (Å²) < 4.78 is 31.8. The number of hydrogen-bond donors (Lipinski definition) is 1. The molecule has 27 heavy (non-hydrogen) atoms. The maximum absolute atomic E-state index is 12.7. The van der Waals surface area contributed by atoms with Crippen LogP contribution in [-0.2, 0) is 21.4 Å². The molecule has 0 aliphatic heterocycles. The van der Waals surface area contributed by atoms with Gasteiger partial charge in [0, 0.05) is 25.8 Å². The topological polar surface area (TPSA) is 75.7 Å². The molecule has 0 unspecified atom stereocenters. The molecule has 2 rings (SSSR count). The molecule has 1 amide bonds. The van der Waals surface area contributed by atoms with Gasteiger partial charge >= 0.3 is 0 Å². The highest BCUT2D eigenvalue weighted by Crippen LogP contribution is 2.27. The fourth-order valence-electron chi connectivity index (χ4n) is 2.64. The summed E-state index contributed by atoms with van der Waals surface area (Å²) in [5.41, 5.74) is 1.53. The van der Waals surface area contributed by atoms with Crippen LogP contribution in [0.2, 0.25) is 5.02 Å². The van der Waals surface area contributed by atoms with Crippen LogP contribution in [0.4, 0.5) is 5.69 Å². The molecule has 0 spiro atoms. The Balaban J connectivity index is 2.31. The largest absolute Gasteiger partial charge is 0.380 e. The Kier molecular flexibility index (Phi) is 7.38. The molecule has 0 saturated carbocycles. The van der Waals surface area contributed by atoms with Gasteiger partial charge in [-0.1, -0.05) is 37.6 Å². The van der Waals surface area contributed by atoms with E-state index in [0.717, 1.165) is 5.56 Å². The highest BCUT2D eigenvalue weighted by atomic mass is 35.5. The lowest BCUT2D eigenvalue weighted by Crippen LogP contribution is -2.30. The number of anilines is 1. The summed E-state index contributed by atoms with van der Waals surface area (Å²) in [4.78, 5) is 12.6. The molecule has 0 heterocycles. The van der Waals surface area contributed by atoms with Gasteiger partial charge in [-0.2, -0.15) is 4.31 Å². The molecule has 0 atom stereocenters. The van der Waals surface area contributed by atoms with Crippen molar-refractivity contribution < 1.29 is 17.9 Å². The van der Waals surface area contributed by atoms with E-state index in [1.807, 2.05) is 6.07 Å². The highest BCUT2D eigenvalue weighted by molar-refractivity contribution is 7.89. The quantitative estimate of drug-likeness (QED) is 0.718. The second-order valence-electron chi connectivity index (χ2n) is 5.82. The fraction of sp³-hybridized carbons (Fsp3) is 0.316. The number of carbonyl (C=O) groups excluding carboxylic acids is 1. The third-order valence-corrected chi connectivity index (χ3v) is 6.40. The van der Waals surface area contributed by atoms with Gasteiger partial charge in [0.2, 0.25) is 10.0 Å². The Labute approximate surface area is 165 Å². The summed E-state index contributed by atoms with van der Waals surface area (Å²) in [6, 6.07) is 11.3. The van der Waals surface area contributed by atoms with Crippen LogP contribution < -0.4 is 5.32 Å². The average molecular weight is 411 g/mol. The van der Waals surface area contributed by atoms with E-state index in [0.29, 0.717) is 25.3 Å². The molecule has 0 aliphatic rings. The standard InChI is InChI=1S/C19H23ClN2O4S/c1-4-22(5-2)27(24,25)16-9-10-17(20)18(12-16)21-19(23)15-8-6-7-14(11-15)13-26-3/h6-12H,4-5,13H2,1-3H3,(H,21,23). The van der Waals surface area contributed by atoms with Crippen LogP contribution in [0.25, 0.3) is 0 Å². The van der Waals surface area contributed by atoms with Crippen molar-refractivity contribution >= 4 is 33.2 Å². The first-order chi connectivity index (χ1) is 12.8. The van der Waals surface area contributed by atoms with Crippen LogP contribution in [0.15, 0.2) is 47.4 Å². The van der Waals surface area contributed by atoms with Crippen LogP contribution in [0, 0.1) is 0 Å². The van der Waals surface area contributed by atoms with Crippen molar-refractivity contribution in [3.63, 3.8) is 0 Å². The SMILES string of the molecule is CCN(CC)S(=O)(=O)c1ccc(Cl)c(NC(=O)c2cccc(COC)c2)c1. The molecule has 0 aliphatic carbocycles. The number of ether oxygens (including phenoxy) is 1. The number of halogens is 1. The van der Waals surface area contributed by atoms with E-state index in [1.54, 1.807) is 39.2 Å². The number of sulfonamides is 1. The lowest BCUT2D eigenvalue weighted by atomic mass is 10.1. The van der Waals surface area contributed by atoms with Gasteiger partial charge in [-0.3, -0.25) is 4.79 Å². The van der Waals surface area contributed by atoms with E-state index < -0.39 is 10.0 Å². The zero-order valence-corrected chi connectivity index (χ0v) is 17.1. The van der Waals surface area contributed by atoms with Gasteiger partial charge in [-0.15, -0.1) is 0 Å². The number of nitrogens with zero attached hydrogens (tertiary/aromatic N) is 1. The second kappa shape index (κ2) is 9.32. The zero-order chi connectivity index (χ0) is 20.0. The summed E-state index contributed by atoms with van der Waals surface area (Å²) in [5, 5.41) is 2.95. The molecule has 146 valence electrons. The van der Waals surface area contributed by atoms with Crippen LogP contribution in [0.5, 0.6) is 0 Å². The first-order valence-corrected chi connectivity index (χ1v) is 10.3. The summed E-state index contributed by atoms with van der Waals surface area (Å²) in [6.07, 6.45) is 0. The van der Waals surface area contributed by atoms with Gasteiger partial charge < -0.3 is 10.1 Å². The number of hydrogen-bond acceptors (Lipinski definition) is 4. The van der Waals surface area contributed by atoms with Gasteiger partial charge in [-0.25, -0.2) is 8.42 Å². The van der Waals surface area contributed by atoms with E-state index >= 15 is 0 Å². The molecule has 8 heteroatoms. The van der Waals surface area contributed by atoms with Gasteiger partial charge in [0.25, 0.3) is 5.91 Å². The van der Waals surface area contributed by atoms with Gasteiger partial charge in [0.05, 0.1) is 22.2 Å². The van der Waals surface area contributed by atoms with Crippen molar-refractivity contribution in [2.75, 3.05) is 25.5 Å². The summed E-state index contributed by atoms with van der Waals surface area (Å²) >= 11 is 6.16. The minimum atomic E-state index is -3.65. The predicted molar refractivity (Wildman–Crippen MR) is 107 cm³/mol. The Bertz CT molecular complexity index is 912. The van der Waals surface area contributed by atoms with Crippen molar-refractivity contribution in [2.45, 2.75) is 25.3 Å². The van der Waals surface area contributed by atoms with Crippen molar-refractivity contribution in [1.82, 2.24) is 4.31 Å². The monoisotopic (exact) mass is 410 g/mol. The average Bonchev–Trinajstić information content (AvgIpc) is 2.64. The third-order valence-electron chi connectivity index (χ3n) is 4.03. The number of carbonyl (C=O) groups is 1. The van der Waals surface area contributed by atoms with E-state index in [9.17, 15) is 13.2 Å². The van der Waals surface area contributed by atoms with E-state index in [1.165, 1.54) is 22.5 Å². The summed E-state index contributed by atoms with van der Waals surface area (Å²) in [6.45, 7) is 4.64. The number of rotatable bonds is 8. The maximum Gasteiger partial charge on any atom is 0.255 e. The number of methoxy groups -OCH3 is 1. The molecular weight excluding hydrogens is 388 g/mol. The maximum atomic E-state index is 12.7. The molecule has 2 aromatic carbocycles.